The summed E-state index contributed by atoms with van der Waals surface area (Å²) in [7, 11) is 0. The van der Waals surface area contributed by atoms with Crippen LogP contribution in [0.4, 0.5) is 0 Å². The van der Waals surface area contributed by atoms with Gasteiger partial charge in [0.05, 0.1) is 0 Å². The quantitative estimate of drug-likeness (QED) is 0.488. The normalized spacial score (nSPS) is 25.1. The maximum atomic E-state index is 4.29. The molecule has 0 aliphatic heterocycles. The third-order valence-electron chi connectivity index (χ3n) is 2.90. The van der Waals surface area contributed by atoms with E-state index in [9.17, 15) is 0 Å². The Kier molecular flexibility index (Phi) is 4.89. The average molecular weight is 277 g/mol. The molecular weight excluding hydrogens is 263 g/mol. The summed E-state index contributed by atoms with van der Waals surface area (Å²) in [5, 5.41) is 0. The van der Waals surface area contributed by atoms with E-state index in [1.807, 2.05) is 0 Å². The zero-order chi connectivity index (χ0) is 9.47. The third kappa shape index (κ3) is 2.72. The topological polar surface area (TPSA) is 0 Å². The zero-order valence-corrected chi connectivity index (χ0v) is 13.6. The first-order chi connectivity index (χ1) is 6.09. The van der Waals surface area contributed by atoms with E-state index in [2.05, 4.69) is 48.0 Å². The molecule has 70 valence electrons. The number of benzene rings is 1. The van der Waals surface area contributed by atoms with Crippen LogP contribution in [-0.2, 0) is 11.8 Å². The van der Waals surface area contributed by atoms with Crippen molar-refractivity contribution in [2.24, 2.45) is 0 Å². The average Bonchev–Trinajstić information content (AvgIpc) is 2.06. The number of hydrogen-bond donors (Lipinski definition) is 0. The smallest absolute Gasteiger partial charge is 0.333 e. The van der Waals surface area contributed by atoms with Crippen LogP contribution in [0.3, 0.4) is 0 Å². The van der Waals surface area contributed by atoms with E-state index in [0.717, 1.165) is 0 Å². The fourth-order valence-electron chi connectivity index (χ4n) is 2.13. The molecule has 0 fully saturated rings. The van der Waals surface area contributed by atoms with Gasteiger partial charge in [0.2, 0.25) is 0 Å². The summed E-state index contributed by atoms with van der Waals surface area (Å²) in [6.07, 6.45) is 3.69. The molecule has 1 aromatic rings. The molecular formula is C12H14BrK. The predicted octanol–water partition coefficient (Wildman–Crippen LogP) is 0.881. The van der Waals surface area contributed by atoms with Gasteiger partial charge in [0.1, 0.15) is 0 Å². The van der Waals surface area contributed by atoms with Gasteiger partial charge in [-0.15, -0.1) is 5.41 Å². The van der Waals surface area contributed by atoms with Crippen molar-refractivity contribution in [2.45, 2.75) is 31.6 Å². The van der Waals surface area contributed by atoms with Gasteiger partial charge in [-0.3, -0.25) is 0 Å². The third-order valence-corrected chi connectivity index (χ3v) is 3.39. The largest absolute Gasteiger partial charge is 1.00 e. The first-order valence-electron chi connectivity index (χ1n) is 4.74. The van der Waals surface area contributed by atoms with Crippen molar-refractivity contribution in [3.8, 4) is 0 Å². The summed E-state index contributed by atoms with van der Waals surface area (Å²) in [5.41, 5.74) is 3.03. The van der Waals surface area contributed by atoms with Crippen LogP contribution in [0.1, 0.15) is 30.9 Å². The molecule has 1 unspecified atom stereocenters. The number of fused-ring (bicyclic) bond motifs is 1. The van der Waals surface area contributed by atoms with Gasteiger partial charge in [-0.1, -0.05) is 47.3 Å². The molecule has 0 nitrogen and oxygen atoms in total. The van der Waals surface area contributed by atoms with Gasteiger partial charge in [-0.2, -0.15) is 0 Å². The molecule has 0 saturated carbocycles. The molecule has 0 radical (unpaired) electrons. The molecule has 14 heavy (non-hydrogen) atoms. The summed E-state index contributed by atoms with van der Waals surface area (Å²) < 4.78 is 1.17. The summed E-state index contributed by atoms with van der Waals surface area (Å²) >= 11 is 3.51. The molecule has 1 aliphatic rings. The van der Waals surface area contributed by atoms with E-state index < -0.39 is 0 Å². The minimum absolute atomic E-state index is 0. The van der Waals surface area contributed by atoms with Crippen molar-refractivity contribution in [1.29, 1.82) is 0 Å². The van der Waals surface area contributed by atoms with Gasteiger partial charge in [-0.25, -0.2) is 0 Å². The Morgan fingerprint density at radius 3 is 2.86 bits per heavy atom. The van der Waals surface area contributed by atoms with Gasteiger partial charge in [-0.05, 0) is 24.1 Å². The van der Waals surface area contributed by atoms with Crippen molar-refractivity contribution in [3.63, 3.8) is 0 Å². The Morgan fingerprint density at radius 2 is 2.14 bits per heavy atom. The zero-order valence-electron chi connectivity index (χ0n) is 8.94. The van der Waals surface area contributed by atoms with Crippen molar-refractivity contribution >= 4 is 15.9 Å². The van der Waals surface area contributed by atoms with Gasteiger partial charge < -0.3 is 6.92 Å². The second-order valence-corrected chi connectivity index (χ2v) is 5.13. The Bertz CT molecular complexity index is 331. The number of halogens is 1. The summed E-state index contributed by atoms with van der Waals surface area (Å²) in [6, 6.07) is 6.57. The van der Waals surface area contributed by atoms with E-state index in [0.29, 0.717) is 0 Å². The van der Waals surface area contributed by atoms with E-state index in [4.69, 9.17) is 0 Å². The van der Waals surface area contributed by atoms with E-state index in [1.165, 1.54) is 34.9 Å². The Labute approximate surface area is 137 Å². The van der Waals surface area contributed by atoms with E-state index >= 15 is 0 Å². The molecule has 2 rings (SSSR count). The van der Waals surface area contributed by atoms with Gasteiger partial charge in [0, 0.05) is 4.47 Å². The van der Waals surface area contributed by atoms with Crippen LogP contribution in [-0.4, -0.2) is 0 Å². The molecule has 0 bridgehead atoms. The second kappa shape index (κ2) is 5.11. The maximum Gasteiger partial charge on any atom is 1.00 e. The molecule has 0 spiro atoms. The SMILES string of the molecule is [CH2-]C1(C)CCCc2ccc(Br)cc21.[K+]. The molecule has 0 N–H and O–H groups in total. The van der Waals surface area contributed by atoms with Crippen molar-refractivity contribution in [2.75, 3.05) is 0 Å². The predicted molar refractivity (Wildman–Crippen MR) is 59.8 cm³/mol. The van der Waals surface area contributed by atoms with Crippen LogP contribution >= 0.6 is 15.9 Å². The Hall–Kier alpha value is 1.34. The fourth-order valence-corrected chi connectivity index (χ4v) is 2.49. The first kappa shape index (κ1) is 13.4. The van der Waals surface area contributed by atoms with Crippen molar-refractivity contribution in [3.05, 3.63) is 40.7 Å². The Balaban J connectivity index is 0.000000980. The first-order valence-corrected chi connectivity index (χ1v) is 5.53. The molecule has 0 amide bonds. The van der Waals surface area contributed by atoms with Crippen molar-refractivity contribution in [1.82, 2.24) is 0 Å². The molecule has 2 heteroatoms. The van der Waals surface area contributed by atoms with E-state index in [1.54, 1.807) is 0 Å². The van der Waals surface area contributed by atoms with Gasteiger partial charge in [0.25, 0.3) is 0 Å². The van der Waals surface area contributed by atoms with E-state index in [-0.39, 0.29) is 56.8 Å². The Morgan fingerprint density at radius 1 is 1.43 bits per heavy atom. The van der Waals surface area contributed by atoms with Crippen LogP contribution in [0.25, 0.3) is 0 Å². The summed E-state index contributed by atoms with van der Waals surface area (Å²) in [6.45, 7) is 6.52. The summed E-state index contributed by atoms with van der Waals surface area (Å²) in [5.74, 6) is 0. The molecule has 1 aliphatic carbocycles. The monoisotopic (exact) mass is 276 g/mol. The second-order valence-electron chi connectivity index (χ2n) is 4.22. The van der Waals surface area contributed by atoms with Crippen LogP contribution in [0.5, 0.6) is 0 Å². The molecule has 1 aromatic carbocycles. The van der Waals surface area contributed by atoms with Crippen molar-refractivity contribution < 1.29 is 51.4 Å². The van der Waals surface area contributed by atoms with Crippen LogP contribution in [0.15, 0.2) is 22.7 Å². The van der Waals surface area contributed by atoms with Crippen LogP contribution in [0.2, 0.25) is 0 Å². The minimum atomic E-state index is 0. The van der Waals surface area contributed by atoms with Crippen LogP contribution in [0, 0.1) is 6.92 Å². The molecule has 1 atom stereocenters. The molecule has 0 saturated heterocycles. The van der Waals surface area contributed by atoms with Gasteiger partial charge >= 0.3 is 51.4 Å². The fraction of sp³-hybridized carbons (Fsp3) is 0.417. The number of aryl methyl sites for hydroxylation is 1. The molecule has 0 heterocycles. The minimum Gasteiger partial charge on any atom is -0.333 e. The maximum absolute atomic E-state index is 4.29. The number of rotatable bonds is 0. The van der Waals surface area contributed by atoms with Gasteiger partial charge in [0.15, 0.2) is 0 Å². The van der Waals surface area contributed by atoms with Crippen LogP contribution < -0.4 is 51.4 Å². The number of hydrogen-bond acceptors (Lipinski definition) is 0. The molecule has 0 aromatic heterocycles. The summed E-state index contributed by atoms with van der Waals surface area (Å²) in [4.78, 5) is 0. The standard InChI is InChI=1S/C12H14Br.K/c1-12(2)7-3-4-9-5-6-10(13)8-11(9)12;/h5-6,8H,1,3-4,7H2,2H3;/q-1;+1.